The SMILES string of the molecule is CC1(C)NC(=O)C2CC(c3ccc(C#N)c(C4CC4)c3)[C@@H]2C1=O. The van der Waals surface area contributed by atoms with E-state index in [9.17, 15) is 14.9 Å². The molecule has 0 radical (unpaired) electrons. The van der Waals surface area contributed by atoms with Crippen molar-refractivity contribution in [1.29, 1.82) is 5.26 Å². The molecule has 1 saturated heterocycles. The monoisotopic (exact) mass is 308 g/mol. The molecule has 23 heavy (non-hydrogen) atoms. The Morgan fingerprint density at radius 3 is 2.61 bits per heavy atom. The molecular weight excluding hydrogens is 288 g/mol. The lowest BCUT2D eigenvalue weighted by Crippen LogP contribution is -2.66. The number of hydrogen-bond donors (Lipinski definition) is 1. The zero-order valence-electron chi connectivity index (χ0n) is 13.4. The van der Waals surface area contributed by atoms with Crippen LogP contribution >= 0.6 is 0 Å². The summed E-state index contributed by atoms with van der Waals surface area (Å²) in [6, 6.07) is 8.24. The Labute approximate surface area is 135 Å². The molecular formula is C19H20N2O2. The fourth-order valence-electron chi connectivity index (χ4n) is 4.16. The van der Waals surface area contributed by atoms with E-state index in [4.69, 9.17) is 0 Å². The van der Waals surface area contributed by atoms with Gasteiger partial charge in [0.2, 0.25) is 5.91 Å². The molecule has 3 atom stereocenters. The fourth-order valence-corrected chi connectivity index (χ4v) is 4.16. The number of piperidine rings is 1. The molecule has 4 nitrogen and oxygen atoms in total. The van der Waals surface area contributed by atoms with Crippen molar-refractivity contribution in [1.82, 2.24) is 5.32 Å². The van der Waals surface area contributed by atoms with Gasteiger partial charge >= 0.3 is 0 Å². The van der Waals surface area contributed by atoms with Crippen LogP contribution in [0.3, 0.4) is 0 Å². The number of ketones is 1. The summed E-state index contributed by atoms with van der Waals surface area (Å²) in [4.78, 5) is 24.9. The van der Waals surface area contributed by atoms with E-state index in [0.29, 0.717) is 5.92 Å². The fraction of sp³-hybridized carbons (Fsp3) is 0.526. The third-order valence-electron chi connectivity index (χ3n) is 5.71. The molecule has 0 spiro atoms. The maximum Gasteiger partial charge on any atom is 0.224 e. The summed E-state index contributed by atoms with van der Waals surface area (Å²) in [7, 11) is 0. The van der Waals surface area contributed by atoms with Crippen molar-refractivity contribution in [2.75, 3.05) is 0 Å². The molecule has 4 rings (SSSR count). The van der Waals surface area contributed by atoms with E-state index in [1.807, 2.05) is 12.1 Å². The van der Waals surface area contributed by atoms with Crippen LogP contribution in [0.2, 0.25) is 0 Å². The minimum absolute atomic E-state index is 0.00640. The molecule has 1 aliphatic heterocycles. The van der Waals surface area contributed by atoms with Crippen LogP contribution in [0.25, 0.3) is 0 Å². The first-order valence-electron chi connectivity index (χ1n) is 8.32. The Morgan fingerprint density at radius 2 is 1.96 bits per heavy atom. The van der Waals surface area contributed by atoms with Crippen LogP contribution in [-0.2, 0) is 9.59 Å². The smallest absolute Gasteiger partial charge is 0.224 e. The number of carbonyl (C=O) groups is 2. The normalized spacial score (nSPS) is 31.6. The lowest BCUT2D eigenvalue weighted by Gasteiger charge is -2.50. The Hall–Kier alpha value is -2.15. The number of benzene rings is 1. The van der Waals surface area contributed by atoms with Gasteiger partial charge in [-0.3, -0.25) is 9.59 Å². The molecule has 0 aromatic heterocycles. The van der Waals surface area contributed by atoms with Crippen molar-refractivity contribution in [3.05, 3.63) is 34.9 Å². The summed E-state index contributed by atoms with van der Waals surface area (Å²) in [6.45, 7) is 3.57. The van der Waals surface area contributed by atoms with E-state index in [1.165, 1.54) is 0 Å². The van der Waals surface area contributed by atoms with Crippen molar-refractivity contribution in [2.45, 2.75) is 50.5 Å². The summed E-state index contributed by atoms with van der Waals surface area (Å²) < 4.78 is 0. The second kappa shape index (κ2) is 4.67. The number of fused-ring (bicyclic) bond motifs is 1. The van der Waals surface area contributed by atoms with Crippen LogP contribution in [0, 0.1) is 23.2 Å². The highest BCUT2D eigenvalue weighted by Gasteiger charge is 2.57. The highest BCUT2D eigenvalue weighted by Crippen LogP contribution is 2.52. The molecule has 1 amide bonds. The third-order valence-corrected chi connectivity index (χ3v) is 5.71. The Balaban J connectivity index is 1.67. The molecule has 2 saturated carbocycles. The van der Waals surface area contributed by atoms with E-state index in [2.05, 4.69) is 17.5 Å². The molecule has 1 heterocycles. The van der Waals surface area contributed by atoms with Gasteiger partial charge in [-0.1, -0.05) is 12.1 Å². The maximum atomic E-state index is 12.7. The number of amides is 1. The maximum absolute atomic E-state index is 12.7. The summed E-state index contributed by atoms with van der Waals surface area (Å²) in [5.74, 6) is 0.368. The number of nitrogens with zero attached hydrogens (tertiary/aromatic N) is 1. The van der Waals surface area contributed by atoms with Gasteiger partial charge < -0.3 is 5.32 Å². The topological polar surface area (TPSA) is 70.0 Å². The molecule has 0 bridgehead atoms. The van der Waals surface area contributed by atoms with Crippen LogP contribution in [0.1, 0.15) is 61.6 Å². The van der Waals surface area contributed by atoms with Crippen molar-refractivity contribution in [3.63, 3.8) is 0 Å². The van der Waals surface area contributed by atoms with Gasteiger partial charge in [0, 0.05) is 11.8 Å². The molecule has 3 fully saturated rings. The second-order valence-corrected chi connectivity index (χ2v) is 7.69. The molecule has 1 N–H and O–H groups in total. The number of nitriles is 1. The van der Waals surface area contributed by atoms with Gasteiger partial charge in [0.1, 0.15) is 0 Å². The minimum atomic E-state index is -0.775. The van der Waals surface area contributed by atoms with Crippen LogP contribution in [0.4, 0.5) is 0 Å². The Bertz CT molecular complexity index is 755. The van der Waals surface area contributed by atoms with E-state index in [-0.39, 0.29) is 29.4 Å². The van der Waals surface area contributed by atoms with Gasteiger partial charge in [0.25, 0.3) is 0 Å². The van der Waals surface area contributed by atoms with Gasteiger partial charge in [-0.15, -0.1) is 0 Å². The Morgan fingerprint density at radius 1 is 1.22 bits per heavy atom. The van der Waals surface area contributed by atoms with Crippen LogP contribution < -0.4 is 5.32 Å². The van der Waals surface area contributed by atoms with Gasteiger partial charge in [0.15, 0.2) is 5.78 Å². The summed E-state index contributed by atoms with van der Waals surface area (Å²) >= 11 is 0. The number of hydrogen-bond acceptors (Lipinski definition) is 3. The molecule has 3 aliphatic rings. The number of Topliss-reactive ketones (excluding diaryl/α,β-unsaturated/α-hetero) is 1. The number of nitrogens with one attached hydrogen (secondary N) is 1. The van der Waals surface area contributed by atoms with Crippen molar-refractivity contribution >= 4 is 11.7 Å². The first-order valence-corrected chi connectivity index (χ1v) is 8.32. The van der Waals surface area contributed by atoms with E-state index >= 15 is 0 Å². The summed E-state index contributed by atoms with van der Waals surface area (Å²) in [5, 5.41) is 12.1. The standard InChI is InChI=1S/C19H20N2O2/c1-19(2)17(22)16-14(8-15(16)18(23)21-19)11-5-6-12(9-20)13(7-11)10-3-4-10/h5-7,10,14-16H,3-4,8H2,1-2H3,(H,21,23)/t14?,15?,16-/m0/s1. The van der Waals surface area contributed by atoms with Gasteiger partial charge in [-0.2, -0.15) is 5.26 Å². The highest BCUT2D eigenvalue weighted by atomic mass is 16.2. The quantitative estimate of drug-likeness (QED) is 0.913. The lowest BCUT2D eigenvalue weighted by atomic mass is 9.56. The molecule has 1 aromatic carbocycles. The average Bonchev–Trinajstić information content (AvgIpc) is 3.28. The summed E-state index contributed by atoms with van der Waals surface area (Å²) in [6.07, 6.45) is 3.01. The zero-order chi connectivity index (χ0) is 16.4. The van der Waals surface area contributed by atoms with Crippen LogP contribution in [0.15, 0.2) is 18.2 Å². The molecule has 4 heteroatoms. The first-order chi connectivity index (χ1) is 10.9. The van der Waals surface area contributed by atoms with E-state index in [0.717, 1.165) is 36.0 Å². The molecule has 118 valence electrons. The second-order valence-electron chi connectivity index (χ2n) is 7.69. The number of rotatable bonds is 2. The van der Waals surface area contributed by atoms with Crippen molar-refractivity contribution in [2.24, 2.45) is 11.8 Å². The van der Waals surface area contributed by atoms with Crippen LogP contribution in [0.5, 0.6) is 0 Å². The number of carbonyl (C=O) groups excluding carboxylic acids is 2. The predicted molar refractivity (Wildman–Crippen MR) is 84.7 cm³/mol. The molecule has 2 aliphatic carbocycles. The molecule has 1 aromatic rings. The van der Waals surface area contributed by atoms with Crippen molar-refractivity contribution in [3.8, 4) is 6.07 Å². The Kier molecular flexibility index (Phi) is 2.93. The van der Waals surface area contributed by atoms with E-state index < -0.39 is 5.54 Å². The van der Waals surface area contributed by atoms with Gasteiger partial charge in [-0.05, 0) is 62.1 Å². The zero-order valence-corrected chi connectivity index (χ0v) is 13.4. The largest absolute Gasteiger partial charge is 0.344 e. The predicted octanol–water partition coefficient (Wildman–Crippen LogP) is 2.63. The van der Waals surface area contributed by atoms with Gasteiger partial charge in [-0.25, -0.2) is 0 Å². The molecule has 2 unspecified atom stereocenters. The average molecular weight is 308 g/mol. The third kappa shape index (κ3) is 2.10. The first kappa shape index (κ1) is 14.4. The highest BCUT2D eigenvalue weighted by molar-refractivity contribution is 6.03. The van der Waals surface area contributed by atoms with Gasteiger partial charge in [0.05, 0.1) is 17.2 Å². The minimum Gasteiger partial charge on any atom is -0.344 e. The van der Waals surface area contributed by atoms with Crippen molar-refractivity contribution < 1.29 is 9.59 Å². The lowest BCUT2D eigenvalue weighted by molar-refractivity contribution is -0.153. The summed E-state index contributed by atoms with van der Waals surface area (Å²) in [5.41, 5.74) is 2.22. The van der Waals surface area contributed by atoms with E-state index in [1.54, 1.807) is 13.8 Å². The van der Waals surface area contributed by atoms with Crippen LogP contribution in [-0.4, -0.2) is 17.2 Å².